The molecule has 1 aliphatic rings. The first kappa shape index (κ1) is 17.2. The summed E-state index contributed by atoms with van der Waals surface area (Å²) in [7, 11) is 3.66. The molecule has 0 aliphatic carbocycles. The Morgan fingerprint density at radius 2 is 2.00 bits per heavy atom. The maximum Gasteiger partial charge on any atom is 0.199 e. The van der Waals surface area contributed by atoms with Crippen LogP contribution in [0.15, 0.2) is 24.3 Å². The fourth-order valence-corrected chi connectivity index (χ4v) is 3.64. The minimum absolute atomic E-state index is 0.645. The highest BCUT2D eigenvalue weighted by Crippen LogP contribution is 2.23. The molecule has 0 radical (unpaired) electrons. The summed E-state index contributed by atoms with van der Waals surface area (Å²) in [4.78, 5) is 2.52. The van der Waals surface area contributed by atoms with Crippen LogP contribution in [0.5, 0.6) is 5.75 Å². The van der Waals surface area contributed by atoms with Gasteiger partial charge in [0.1, 0.15) is 5.75 Å². The molecule has 1 saturated heterocycles. The number of nitrogens with zero attached hydrogens (tertiary/aromatic N) is 4. The van der Waals surface area contributed by atoms with Crippen LogP contribution in [-0.2, 0) is 13.7 Å². The van der Waals surface area contributed by atoms with Crippen LogP contribution in [-0.4, -0.2) is 38.9 Å². The number of hydrogen-bond donors (Lipinski definition) is 0. The summed E-state index contributed by atoms with van der Waals surface area (Å²) < 4.78 is 9.94. The van der Waals surface area contributed by atoms with Crippen molar-refractivity contribution >= 4 is 12.2 Å². The van der Waals surface area contributed by atoms with E-state index in [1.54, 1.807) is 7.11 Å². The van der Waals surface area contributed by atoms with Crippen molar-refractivity contribution in [3.8, 4) is 17.1 Å². The third kappa shape index (κ3) is 3.39. The second-order valence-corrected chi connectivity index (χ2v) is 6.77. The van der Waals surface area contributed by atoms with E-state index in [-0.39, 0.29) is 0 Å². The highest BCUT2D eigenvalue weighted by atomic mass is 32.1. The Bertz CT molecular complexity index is 734. The van der Waals surface area contributed by atoms with Crippen LogP contribution in [0.4, 0.5) is 0 Å². The summed E-state index contributed by atoms with van der Waals surface area (Å²) in [6, 6.07) is 8.60. The molecule has 1 aliphatic heterocycles. The van der Waals surface area contributed by atoms with E-state index in [1.165, 1.54) is 25.7 Å². The van der Waals surface area contributed by atoms with E-state index in [1.807, 2.05) is 40.6 Å². The van der Waals surface area contributed by atoms with Gasteiger partial charge in [-0.25, -0.2) is 4.68 Å². The molecule has 0 spiro atoms. The molecule has 0 N–H and O–H groups in total. The molecule has 5 nitrogen and oxygen atoms in total. The number of rotatable bonds is 5. The molecule has 3 rings (SSSR count). The number of piperidine rings is 1. The summed E-state index contributed by atoms with van der Waals surface area (Å²) in [6.45, 7) is 4.18. The molecule has 1 fully saturated rings. The van der Waals surface area contributed by atoms with Gasteiger partial charge < -0.3 is 9.30 Å². The van der Waals surface area contributed by atoms with E-state index in [0.29, 0.717) is 6.04 Å². The van der Waals surface area contributed by atoms with Crippen LogP contribution in [0.25, 0.3) is 11.4 Å². The maximum absolute atomic E-state index is 5.62. The lowest BCUT2D eigenvalue weighted by Crippen LogP contribution is -2.40. The predicted molar refractivity (Wildman–Crippen MR) is 98.7 cm³/mol. The van der Waals surface area contributed by atoms with Crippen LogP contribution in [0, 0.1) is 4.77 Å². The number of ether oxygens (including phenoxy) is 1. The number of methoxy groups -OCH3 is 1. The third-order valence-corrected chi connectivity index (χ3v) is 5.41. The molecule has 0 unspecified atom stereocenters. The van der Waals surface area contributed by atoms with E-state index in [4.69, 9.17) is 22.1 Å². The van der Waals surface area contributed by atoms with Gasteiger partial charge in [0.05, 0.1) is 13.8 Å². The molecule has 6 heteroatoms. The molecule has 1 aromatic heterocycles. The molecule has 2 aromatic rings. The minimum atomic E-state index is 0.645. The van der Waals surface area contributed by atoms with Crippen molar-refractivity contribution in [1.82, 2.24) is 19.2 Å². The normalized spacial score (nSPS) is 18.7. The molecule has 2 heterocycles. The predicted octanol–water partition coefficient (Wildman–Crippen LogP) is 3.85. The molecule has 130 valence electrons. The average molecular weight is 347 g/mol. The summed E-state index contributed by atoms with van der Waals surface area (Å²) in [5.41, 5.74) is 1.05. The topological polar surface area (TPSA) is 35.2 Å². The van der Waals surface area contributed by atoms with E-state index in [2.05, 4.69) is 11.8 Å². The van der Waals surface area contributed by atoms with Gasteiger partial charge in [0, 0.05) is 25.2 Å². The molecular formula is C18H26N4OS. The molecule has 0 bridgehead atoms. The molecule has 0 amide bonds. The second kappa shape index (κ2) is 7.49. The van der Waals surface area contributed by atoms with Gasteiger partial charge in [0.15, 0.2) is 10.6 Å². The van der Waals surface area contributed by atoms with Gasteiger partial charge in [-0.15, -0.1) is 0 Å². The summed E-state index contributed by atoms with van der Waals surface area (Å²) in [5, 5.41) is 4.79. The number of hydrogen-bond acceptors (Lipinski definition) is 4. The van der Waals surface area contributed by atoms with E-state index < -0.39 is 0 Å². The van der Waals surface area contributed by atoms with Crippen molar-refractivity contribution in [1.29, 1.82) is 0 Å². The van der Waals surface area contributed by atoms with E-state index in [0.717, 1.165) is 35.1 Å². The first-order chi connectivity index (χ1) is 11.6. The Morgan fingerprint density at radius 1 is 1.25 bits per heavy atom. The van der Waals surface area contributed by atoms with Gasteiger partial charge in [-0.05, 0) is 55.7 Å². The van der Waals surface area contributed by atoms with Crippen LogP contribution in [0.2, 0.25) is 0 Å². The van der Waals surface area contributed by atoms with Gasteiger partial charge in [0.2, 0.25) is 0 Å². The Kier molecular flexibility index (Phi) is 5.36. The summed E-state index contributed by atoms with van der Waals surface area (Å²) >= 11 is 5.62. The minimum Gasteiger partial charge on any atom is -0.497 e. The van der Waals surface area contributed by atoms with Crippen molar-refractivity contribution in [3.63, 3.8) is 0 Å². The SMILES string of the molecule is CC[C@H]1CCCCN1Cn1nc(-c2ccc(OC)cc2)n(C)c1=S. The number of benzene rings is 1. The quantitative estimate of drug-likeness (QED) is 0.771. The highest BCUT2D eigenvalue weighted by Gasteiger charge is 2.22. The Hall–Kier alpha value is -1.66. The zero-order chi connectivity index (χ0) is 17.1. The van der Waals surface area contributed by atoms with Crippen molar-refractivity contribution in [2.45, 2.75) is 45.3 Å². The summed E-state index contributed by atoms with van der Waals surface area (Å²) in [6.07, 6.45) is 5.06. The van der Waals surface area contributed by atoms with Crippen LogP contribution >= 0.6 is 12.2 Å². The van der Waals surface area contributed by atoms with Gasteiger partial charge >= 0.3 is 0 Å². The Balaban J connectivity index is 1.86. The lowest BCUT2D eigenvalue weighted by Gasteiger charge is -2.34. The molecule has 0 saturated carbocycles. The van der Waals surface area contributed by atoms with Gasteiger partial charge in [0.25, 0.3) is 0 Å². The lowest BCUT2D eigenvalue weighted by molar-refractivity contribution is 0.100. The maximum atomic E-state index is 5.62. The monoisotopic (exact) mass is 346 g/mol. The van der Waals surface area contributed by atoms with E-state index in [9.17, 15) is 0 Å². The zero-order valence-electron chi connectivity index (χ0n) is 14.7. The molecule has 24 heavy (non-hydrogen) atoms. The third-order valence-electron chi connectivity index (χ3n) is 4.93. The summed E-state index contributed by atoms with van der Waals surface area (Å²) in [5.74, 6) is 1.74. The standard InChI is InChI=1S/C18H26N4OS/c1-4-15-7-5-6-12-21(15)13-22-18(24)20(2)17(19-22)14-8-10-16(23-3)11-9-14/h8-11,15H,4-7,12-13H2,1-3H3/t15-/m0/s1. The van der Waals surface area contributed by atoms with Crippen LogP contribution < -0.4 is 4.74 Å². The Labute approximate surface area is 148 Å². The first-order valence-corrected chi connectivity index (χ1v) is 9.07. The van der Waals surface area contributed by atoms with Gasteiger partial charge in [-0.2, -0.15) is 5.10 Å². The second-order valence-electron chi connectivity index (χ2n) is 6.40. The lowest BCUT2D eigenvalue weighted by atomic mass is 10.0. The smallest absolute Gasteiger partial charge is 0.199 e. The van der Waals surface area contributed by atoms with Crippen molar-refractivity contribution in [2.24, 2.45) is 7.05 Å². The van der Waals surface area contributed by atoms with Crippen molar-refractivity contribution in [2.75, 3.05) is 13.7 Å². The molecule has 1 aromatic carbocycles. The average Bonchev–Trinajstić information content (AvgIpc) is 2.91. The zero-order valence-corrected chi connectivity index (χ0v) is 15.6. The fraction of sp³-hybridized carbons (Fsp3) is 0.556. The van der Waals surface area contributed by atoms with Gasteiger partial charge in [-0.1, -0.05) is 13.3 Å². The largest absolute Gasteiger partial charge is 0.497 e. The van der Waals surface area contributed by atoms with Crippen LogP contribution in [0.3, 0.4) is 0 Å². The van der Waals surface area contributed by atoms with Crippen molar-refractivity contribution < 1.29 is 4.74 Å². The van der Waals surface area contributed by atoms with Crippen molar-refractivity contribution in [3.05, 3.63) is 29.0 Å². The number of likely N-dealkylation sites (tertiary alicyclic amines) is 1. The van der Waals surface area contributed by atoms with Gasteiger partial charge in [-0.3, -0.25) is 4.90 Å². The fourth-order valence-electron chi connectivity index (χ4n) is 3.45. The highest BCUT2D eigenvalue weighted by molar-refractivity contribution is 7.71. The molecular weight excluding hydrogens is 320 g/mol. The molecule has 1 atom stereocenters. The van der Waals surface area contributed by atoms with E-state index >= 15 is 0 Å². The first-order valence-electron chi connectivity index (χ1n) is 8.66. The number of aromatic nitrogens is 3. The van der Waals surface area contributed by atoms with Crippen LogP contribution in [0.1, 0.15) is 32.6 Å². The Morgan fingerprint density at radius 3 is 2.67 bits per heavy atom.